The minimum Gasteiger partial charge on any atom is -0.398 e. The number of hydrogen-bond acceptors (Lipinski definition) is 4. The van der Waals surface area contributed by atoms with Gasteiger partial charge in [0, 0.05) is 21.9 Å². The van der Waals surface area contributed by atoms with Gasteiger partial charge in [0.05, 0.1) is 0 Å². The minimum absolute atomic E-state index is 0.327. The van der Waals surface area contributed by atoms with E-state index in [9.17, 15) is 9.18 Å². The second kappa shape index (κ2) is 6.40. The number of hydrogen-bond donors (Lipinski definition) is 3. The molecule has 0 atom stereocenters. The zero-order valence-electron chi connectivity index (χ0n) is 10.6. The summed E-state index contributed by atoms with van der Waals surface area (Å²) in [4.78, 5) is 12.1. The summed E-state index contributed by atoms with van der Waals surface area (Å²) in [5.74, 6) is 5.07. The van der Waals surface area contributed by atoms with Gasteiger partial charge in [0.2, 0.25) is 0 Å². The molecule has 0 aromatic heterocycles. The lowest BCUT2D eigenvalue weighted by atomic mass is 10.1. The molecule has 1 amide bonds. The van der Waals surface area contributed by atoms with Gasteiger partial charge in [-0.25, -0.2) is 10.2 Å². The molecule has 0 saturated carbocycles. The quantitative estimate of drug-likeness (QED) is 0.265. The van der Waals surface area contributed by atoms with Crippen molar-refractivity contribution in [2.75, 3.05) is 5.73 Å². The van der Waals surface area contributed by atoms with Crippen molar-refractivity contribution in [3.63, 3.8) is 0 Å². The molecule has 0 unspecified atom stereocenters. The fourth-order valence-electron chi connectivity index (χ4n) is 1.65. The number of nitrogens with two attached hydrogens (primary N) is 2. The number of rotatable bonds is 4. The zero-order valence-corrected chi connectivity index (χ0v) is 11.4. The Morgan fingerprint density at radius 3 is 2.50 bits per heavy atom. The first-order valence-corrected chi connectivity index (χ1v) is 6.86. The highest BCUT2D eigenvalue weighted by Crippen LogP contribution is 2.28. The van der Waals surface area contributed by atoms with Crippen LogP contribution in [0.3, 0.4) is 0 Å². The predicted molar refractivity (Wildman–Crippen MR) is 78.5 cm³/mol. The number of carbonyl (C=O) groups excluding carboxylic acids is 1. The van der Waals surface area contributed by atoms with Crippen molar-refractivity contribution in [3.05, 3.63) is 59.4 Å². The van der Waals surface area contributed by atoms with Crippen LogP contribution in [0.5, 0.6) is 0 Å². The maximum absolute atomic E-state index is 12.9. The lowest BCUT2D eigenvalue weighted by Crippen LogP contribution is -2.29. The molecule has 5 N–H and O–H groups in total. The third kappa shape index (κ3) is 3.49. The first-order valence-electron chi connectivity index (χ1n) is 5.88. The molecule has 104 valence electrons. The molecule has 0 bridgehead atoms. The van der Waals surface area contributed by atoms with Gasteiger partial charge in [-0.15, -0.1) is 11.8 Å². The van der Waals surface area contributed by atoms with Gasteiger partial charge >= 0.3 is 0 Å². The van der Waals surface area contributed by atoms with E-state index in [1.165, 1.54) is 23.9 Å². The molecule has 2 rings (SSSR count). The van der Waals surface area contributed by atoms with Crippen LogP contribution in [-0.4, -0.2) is 5.91 Å². The second-order valence-electron chi connectivity index (χ2n) is 4.14. The Morgan fingerprint density at radius 1 is 1.20 bits per heavy atom. The van der Waals surface area contributed by atoms with Crippen LogP contribution in [0.2, 0.25) is 0 Å². The molecule has 0 fully saturated rings. The summed E-state index contributed by atoms with van der Waals surface area (Å²) in [5, 5.41) is 0. The van der Waals surface area contributed by atoms with Crippen molar-refractivity contribution in [1.29, 1.82) is 0 Å². The van der Waals surface area contributed by atoms with Gasteiger partial charge in [-0.2, -0.15) is 0 Å². The van der Waals surface area contributed by atoms with Crippen LogP contribution >= 0.6 is 11.8 Å². The predicted octanol–water partition coefficient (Wildman–Crippen LogP) is 2.30. The average molecular weight is 291 g/mol. The van der Waals surface area contributed by atoms with E-state index in [0.717, 1.165) is 10.5 Å². The molecular formula is C14H14FN3OS. The van der Waals surface area contributed by atoms with Gasteiger partial charge in [-0.05, 0) is 35.9 Å². The Balaban J connectivity index is 2.02. The number of halogens is 1. The molecule has 2 aromatic rings. The molecule has 0 aliphatic heterocycles. The Hall–Kier alpha value is -2.05. The third-order valence-electron chi connectivity index (χ3n) is 2.71. The van der Waals surface area contributed by atoms with Gasteiger partial charge in [0.15, 0.2) is 0 Å². The summed E-state index contributed by atoms with van der Waals surface area (Å²) in [6, 6.07) is 11.4. The van der Waals surface area contributed by atoms with Crippen LogP contribution in [0.4, 0.5) is 10.1 Å². The van der Waals surface area contributed by atoms with Crippen LogP contribution in [0.25, 0.3) is 0 Å². The number of carbonyl (C=O) groups is 1. The minimum atomic E-state index is -0.344. The SMILES string of the molecule is NNC(=O)c1ccc(CSc2ccc(F)cc2N)cc1. The second-order valence-corrected chi connectivity index (χ2v) is 5.16. The molecule has 0 saturated heterocycles. The molecule has 0 aliphatic carbocycles. The van der Waals surface area contributed by atoms with Crippen LogP contribution < -0.4 is 17.0 Å². The lowest BCUT2D eigenvalue weighted by molar-refractivity contribution is 0.0953. The topological polar surface area (TPSA) is 81.1 Å². The van der Waals surface area contributed by atoms with Crippen LogP contribution in [0, 0.1) is 5.82 Å². The number of thioether (sulfide) groups is 1. The molecule has 6 heteroatoms. The van der Waals surface area contributed by atoms with E-state index in [1.54, 1.807) is 18.2 Å². The molecule has 0 radical (unpaired) electrons. The van der Waals surface area contributed by atoms with Crippen molar-refractivity contribution >= 4 is 23.4 Å². The van der Waals surface area contributed by atoms with E-state index in [2.05, 4.69) is 5.43 Å². The summed E-state index contributed by atoms with van der Waals surface area (Å²) in [5.41, 5.74) is 9.78. The molecule has 4 nitrogen and oxygen atoms in total. The Morgan fingerprint density at radius 2 is 1.90 bits per heavy atom. The molecule has 0 heterocycles. The van der Waals surface area contributed by atoms with Gasteiger partial charge in [0.25, 0.3) is 5.91 Å². The van der Waals surface area contributed by atoms with E-state index in [1.807, 2.05) is 12.1 Å². The van der Waals surface area contributed by atoms with Crippen molar-refractivity contribution < 1.29 is 9.18 Å². The first-order chi connectivity index (χ1) is 9.60. The van der Waals surface area contributed by atoms with E-state index < -0.39 is 0 Å². The summed E-state index contributed by atoms with van der Waals surface area (Å²) in [6.45, 7) is 0. The maximum atomic E-state index is 12.9. The van der Waals surface area contributed by atoms with Crippen molar-refractivity contribution in [2.24, 2.45) is 5.84 Å². The zero-order chi connectivity index (χ0) is 14.5. The van der Waals surface area contributed by atoms with Crippen molar-refractivity contribution in [1.82, 2.24) is 5.43 Å². The van der Waals surface area contributed by atoms with Gasteiger partial charge in [-0.1, -0.05) is 12.1 Å². The number of hydrazine groups is 1. The van der Waals surface area contributed by atoms with E-state index in [0.29, 0.717) is 17.0 Å². The van der Waals surface area contributed by atoms with E-state index in [4.69, 9.17) is 11.6 Å². The van der Waals surface area contributed by atoms with Crippen molar-refractivity contribution in [3.8, 4) is 0 Å². The largest absolute Gasteiger partial charge is 0.398 e. The fourth-order valence-corrected chi connectivity index (χ4v) is 2.55. The van der Waals surface area contributed by atoms with E-state index in [-0.39, 0.29) is 11.7 Å². The summed E-state index contributed by atoms with van der Waals surface area (Å²) in [6.07, 6.45) is 0. The lowest BCUT2D eigenvalue weighted by Gasteiger charge is -2.06. The van der Waals surface area contributed by atoms with E-state index >= 15 is 0 Å². The van der Waals surface area contributed by atoms with Crippen molar-refractivity contribution in [2.45, 2.75) is 10.6 Å². The number of anilines is 1. The molecule has 0 aliphatic rings. The fraction of sp³-hybridized carbons (Fsp3) is 0.0714. The maximum Gasteiger partial charge on any atom is 0.265 e. The third-order valence-corrected chi connectivity index (χ3v) is 3.87. The summed E-state index contributed by atoms with van der Waals surface area (Å²) < 4.78 is 12.9. The Labute approximate surface area is 120 Å². The normalized spacial score (nSPS) is 10.3. The standard InChI is InChI=1S/C14H14FN3OS/c15-11-5-6-13(12(16)7-11)20-8-9-1-3-10(4-2-9)14(19)18-17/h1-7H,8,16-17H2,(H,18,19). The number of benzene rings is 2. The summed E-state index contributed by atoms with van der Waals surface area (Å²) >= 11 is 1.51. The molecule has 20 heavy (non-hydrogen) atoms. The highest BCUT2D eigenvalue weighted by atomic mass is 32.2. The highest BCUT2D eigenvalue weighted by molar-refractivity contribution is 7.98. The van der Waals surface area contributed by atoms with Crippen LogP contribution in [0.1, 0.15) is 15.9 Å². The van der Waals surface area contributed by atoms with Gasteiger partial charge in [0.1, 0.15) is 5.82 Å². The molecule has 2 aromatic carbocycles. The Bertz CT molecular complexity index is 616. The van der Waals surface area contributed by atoms with Gasteiger partial charge < -0.3 is 5.73 Å². The average Bonchev–Trinajstić information content (AvgIpc) is 2.46. The first kappa shape index (κ1) is 14.4. The smallest absolute Gasteiger partial charge is 0.265 e. The highest BCUT2D eigenvalue weighted by Gasteiger charge is 2.05. The Kier molecular flexibility index (Phi) is 4.60. The number of amides is 1. The number of nitrogens with one attached hydrogen (secondary N) is 1. The summed E-state index contributed by atoms with van der Waals surface area (Å²) in [7, 11) is 0. The monoisotopic (exact) mass is 291 g/mol. The number of nitrogen functional groups attached to an aromatic ring is 2. The van der Waals surface area contributed by atoms with Crippen LogP contribution in [0.15, 0.2) is 47.4 Å². The van der Waals surface area contributed by atoms with Gasteiger partial charge in [-0.3, -0.25) is 10.2 Å². The molecule has 0 spiro atoms. The molecular weight excluding hydrogens is 277 g/mol. The van der Waals surface area contributed by atoms with Crippen LogP contribution in [-0.2, 0) is 5.75 Å².